The number of carbonyl (C=O) groups excluding carboxylic acids is 3. The van der Waals surface area contributed by atoms with Crippen LogP contribution in [-0.2, 0) is 19.1 Å². The summed E-state index contributed by atoms with van der Waals surface area (Å²) in [6.45, 7) is 1.52. The van der Waals surface area contributed by atoms with E-state index in [4.69, 9.17) is 14.2 Å². The molecule has 2 heterocycles. The zero-order valence-electron chi connectivity index (χ0n) is 15.4. The highest BCUT2D eigenvalue weighted by molar-refractivity contribution is 8.01. The third-order valence-electron chi connectivity index (χ3n) is 4.75. The second-order valence-electron chi connectivity index (χ2n) is 6.49. The molecule has 2 saturated heterocycles. The fourth-order valence-corrected chi connectivity index (χ4v) is 4.73. The number of amides is 2. The summed E-state index contributed by atoms with van der Waals surface area (Å²) in [7, 11) is 3.01. The van der Waals surface area contributed by atoms with E-state index in [9.17, 15) is 14.4 Å². The van der Waals surface area contributed by atoms with Gasteiger partial charge in [0.05, 0.1) is 24.8 Å². The van der Waals surface area contributed by atoms with Gasteiger partial charge in [0.15, 0.2) is 6.61 Å². The Hall–Kier alpha value is -2.42. The first-order chi connectivity index (χ1) is 12.9. The molecule has 0 aliphatic carbocycles. The van der Waals surface area contributed by atoms with Crippen molar-refractivity contribution in [1.29, 1.82) is 0 Å². The van der Waals surface area contributed by atoms with E-state index in [1.54, 1.807) is 34.9 Å². The average molecular weight is 394 g/mol. The standard InChI is InChI=1S/C18H22N2O6S/c1-18-7-6-16(22)20(18)13(10-27-18)17(23)26-9-15(21)19-12-5-4-11(24-2)8-14(12)25-3/h4-5,8,13H,6-7,9-10H2,1-3H3,(H,19,21)/t13-,18-/m0/s1. The number of benzene rings is 1. The first-order valence-corrected chi connectivity index (χ1v) is 9.51. The molecule has 2 aliphatic rings. The van der Waals surface area contributed by atoms with Gasteiger partial charge < -0.3 is 24.4 Å². The average Bonchev–Trinajstić information content (AvgIpc) is 3.16. The highest BCUT2D eigenvalue weighted by Gasteiger charge is 2.53. The summed E-state index contributed by atoms with van der Waals surface area (Å²) in [5.74, 6) is 0.408. The maximum Gasteiger partial charge on any atom is 0.330 e. The number of nitrogens with one attached hydrogen (secondary N) is 1. The molecule has 2 aliphatic heterocycles. The Morgan fingerprint density at radius 3 is 2.81 bits per heavy atom. The molecule has 2 fully saturated rings. The van der Waals surface area contributed by atoms with Gasteiger partial charge in [-0.3, -0.25) is 9.59 Å². The normalized spacial score (nSPS) is 23.7. The Labute approximate surface area is 161 Å². The summed E-state index contributed by atoms with van der Waals surface area (Å²) in [5, 5.41) is 2.64. The van der Waals surface area contributed by atoms with Gasteiger partial charge in [-0.25, -0.2) is 4.79 Å². The molecule has 9 heteroatoms. The van der Waals surface area contributed by atoms with Gasteiger partial charge in [0.2, 0.25) is 5.91 Å². The molecule has 27 heavy (non-hydrogen) atoms. The summed E-state index contributed by atoms with van der Waals surface area (Å²) in [4.78, 5) is 37.9. The Bertz CT molecular complexity index is 770. The van der Waals surface area contributed by atoms with Gasteiger partial charge in [0.1, 0.15) is 17.5 Å². The lowest BCUT2D eigenvalue weighted by atomic mass is 10.2. The lowest BCUT2D eigenvalue weighted by Gasteiger charge is -2.29. The Kier molecular flexibility index (Phi) is 5.50. The highest BCUT2D eigenvalue weighted by atomic mass is 32.2. The van der Waals surface area contributed by atoms with E-state index >= 15 is 0 Å². The summed E-state index contributed by atoms with van der Waals surface area (Å²) in [6.07, 6.45) is 1.16. The van der Waals surface area contributed by atoms with Gasteiger partial charge in [-0.1, -0.05) is 0 Å². The van der Waals surface area contributed by atoms with E-state index in [0.717, 1.165) is 6.42 Å². The Morgan fingerprint density at radius 1 is 1.33 bits per heavy atom. The minimum Gasteiger partial charge on any atom is -0.497 e. The number of anilines is 1. The topological polar surface area (TPSA) is 94.2 Å². The molecule has 0 radical (unpaired) electrons. The van der Waals surface area contributed by atoms with Gasteiger partial charge in [0, 0.05) is 18.2 Å². The fraction of sp³-hybridized carbons (Fsp3) is 0.500. The van der Waals surface area contributed by atoms with Gasteiger partial charge in [-0.2, -0.15) is 0 Å². The third-order valence-corrected chi connectivity index (χ3v) is 6.25. The summed E-state index contributed by atoms with van der Waals surface area (Å²) >= 11 is 1.58. The van der Waals surface area contributed by atoms with Crippen LogP contribution in [0, 0.1) is 0 Å². The molecule has 0 saturated carbocycles. The van der Waals surface area contributed by atoms with Crippen molar-refractivity contribution in [3.63, 3.8) is 0 Å². The summed E-state index contributed by atoms with van der Waals surface area (Å²) < 4.78 is 15.5. The predicted molar refractivity (Wildman–Crippen MR) is 99.9 cm³/mol. The minimum atomic E-state index is -0.640. The first-order valence-electron chi connectivity index (χ1n) is 8.52. The first kappa shape index (κ1) is 19.3. The van der Waals surface area contributed by atoms with Crippen LogP contribution < -0.4 is 14.8 Å². The van der Waals surface area contributed by atoms with Crippen LogP contribution in [0.5, 0.6) is 11.5 Å². The smallest absolute Gasteiger partial charge is 0.330 e. The van der Waals surface area contributed by atoms with Crippen molar-refractivity contribution in [3.8, 4) is 11.5 Å². The molecular formula is C18H22N2O6S. The van der Waals surface area contributed by atoms with E-state index in [1.807, 2.05) is 6.92 Å². The van der Waals surface area contributed by atoms with Crippen LogP contribution in [0.25, 0.3) is 0 Å². The fourth-order valence-electron chi connectivity index (χ4n) is 3.32. The molecule has 0 spiro atoms. The number of esters is 1. The van der Waals surface area contributed by atoms with Gasteiger partial charge in [-0.05, 0) is 25.5 Å². The second kappa shape index (κ2) is 7.67. The van der Waals surface area contributed by atoms with Crippen molar-refractivity contribution >= 4 is 35.2 Å². The van der Waals surface area contributed by atoms with Gasteiger partial charge in [-0.15, -0.1) is 11.8 Å². The van der Waals surface area contributed by atoms with Crippen molar-refractivity contribution in [1.82, 2.24) is 4.90 Å². The molecule has 3 rings (SSSR count). The number of hydrogen-bond acceptors (Lipinski definition) is 7. The molecular weight excluding hydrogens is 372 g/mol. The van der Waals surface area contributed by atoms with E-state index < -0.39 is 24.5 Å². The SMILES string of the molecule is COc1ccc(NC(=O)COC(=O)[C@@H]2CS[C@@]3(C)CCC(=O)N23)c(OC)c1. The molecule has 8 nitrogen and oxygen atoms in total. The predicted octanol–water partition coefficient (Wildman–Crippen LogP) is 1.64. The second-order valence-corrected chi connectivity index (χ2v) is 7.99. The third kappa shape index (κ3) is 3.83. The molecule has 2 atom stereocenters. The van der Waals surface area contributed by atoms with Crippen molar-refractivity contribution in [2.24, 2.45) is 0 Å². The lowest BCUT2D eigenvalue weighted by Crippen LogP contribution is -2.47. The molecule has 0 aromatic heterocycles. The highest BCUT2D eigenvalue weighted by Crippen LogP contribution is 2.47. The van der Waals surface area contributed by atoms with Crippen molar-refractivity contribution < 1.29 is 28.6 Å². The zero-order valence-corrected chi connectivity index (χ0v) is 16.3. The number of fused-ring (bicyclic) bond motifs is 1. The van der Waals surface area contributed by atoms with Crippen molar-refractivity contribution in [2.45, 2.75) is 30.7 Å². The van der Waals surface area contributed by atoms with E-state index in [2.05, 4.69) is 5.32 Å². The van der Waals surface area contributed by atoms with Crippen LogP contribution in [0.4, 0.5) is 5.69 Å². The monoisotopic (exact) mass is 394 g/mol. The largest absolute Gasteiger partial charge is 0.497 e. The van der Waals surface area contributed by atoms with Crippen LogP contribution >= 0.6 is 11.8 Å². The molecule has 0 bridgehead atoms. The summed E-state index contributed by atoms with van der Waals surface area (Å²) in [5.41, 5.74) is 0.443. The van der Waals surface area contributed by atoms with Crippen LogP contribution in [-0.4, -0.2) is 60.2 Å². The van der Waals surface area contributed by atoms with Crippen molar-refractivity contribution in [3.05, 3.63) is 18.2 Å². The van der Waals surface area contributed by atoms with Crippen molar-refractivity contribution in [2.75, 3.05) is 31.9 Å². The van der Waals surface area contributed by atoms with E-state index in [1.165, 1.54) is 14.2 Å². The molecule has 1 N–H and O–H groups in total. The molecule has 2 amide bonds. The Balaban J connectivity index is 1.57. The number of methoxy groups -OCH3 is 2. The summed E-state index contributed by atoms with van der Waals surface area (Å²) in [6, 6.07) is 4.31. The van der Waals surface area contributed by atoms with Crippen LogP contribution in [0.15, 0.2) is 18.2 Å². The number of carbonyl (C=O) groups is 3. The van der Waals surface area contributed by atoms with Gasteiger partial charge in [0.25, 0.3) is 5.91 Å². The zero-order chi connectivity index (χ0) is 19.6. The number of thioether (sulfide) groups is 1. The quantitative estimate of drug-likeness (QED) is 0.733. The van der Waals surface area contributed by atoms with E-state index in [0.29, 0.717) is 29.4 Å². The van der Waals surface area contributed by atoms with Crippen LogP contribution in [0.1, 0.15) is 19.8 Å². The number of hydrogen-bond donors (Lipinski definition) is 1. The number of rotatable bonds is 6. The van der Waals surface area contributed by atoms with Crippen LogP contribution in [0.2, 0.25) is 0 Å². The molecule has 146 valence electrons. The molecule has 1 aromatic rings. The maximum absolute atomic E-state index is 12.4. The Morgan fingerprint density at radius 2 is 2.11 bits per heavy atom. The van der Waals surface area contributed by atoms with Gasteiger partial charge >= 0.3 is 5.97 Å². The van der Waals surface area contributed by atoms with E-state index in [-0.39, 0.29) is 10.8 Å². The van der Waals surface area contributed by atoms with Crippen LogP contribution in [0.3, 0.4) is 0 Å². The lowest BCUT2D eigenvalue weighted by molar-refractivity contribution is -0.155. The molecule has 0 unspecified atom stereocenters. The number of nitrogens with zero attached hydrogens (tertiary/aromatic N) is 1. The molecule has 1 aromatic carbocycles. The maximum atomic E-state index is 12.4. The minimum absolute atomic E-state index is 0.0446. The number of ether oxygens (including phenoxy) is 3.